The van der Waals surface area contributed by atoms with Gasteiger partial charge >= 0.3 is 5.97 Å². The van der Waals surface area contributed by atoms with E-state index in [1.807, 2.05) is 13.8 Å². The van der Waals surface area contributed by atoms with E-state index in [9.17, 15) is 9.59 Å². The first-order valence-corrected chi connectivity index (χ1v) is 7.39. The molecule has 4 nitrogen and oxygen atoms in total. The molecule has 0 N–H and O–H groups in total. The summed E-state index contributed by atoms with van der Waals surface area (Å²) in [5.74, 6) is -0.305. The SMILES string of the molecule is CCCCCCCCC(=O)N(CC(=O)OC)C(C)C. The van der Waals surface area contributed by atoms with Gasteiger partial charge in [-0.05, 0) is 20.3 Å². The summed E-state index contributed by atoms with van der Waals surface area (Å²) in [5, 5.41) is 0. The second-order valence-corrected chi connectivity index (χ2v) is 5.21. The number of carbonyl (C=O) groups is 2. The largest absolute Gasteiger partial charge is 0.468 e. The molecule has 0 radical (unpaired) electrons. The molecule has 0 bridgehead atoms. The maximum absolute atomic E-state index is 12.0. The normalized spacial score (nSPS) is 10.6. The molecule has 0 atom stereocenters. The molecule has 0 aliphatic rings. The Hall–Kier alpha value is -1.06. The van der Waals surface area contributed by atoms with Crippen molar-refractivity contribution in [3.8, 4) is 0 Å². The Morgan fingerprint density at radius 3 is 2.16 bits per heavy atom. The number of ether oxygens (including phenoxy) is 1. The average Bonchev–Trinajstić information content (AvgIpc) is 2.38. The summed E-state index contributed by atoms with van der Waals surface area (Å²) < 4.78 is 4.62. The van der Waals surface area contributed by atoms with E-state index >= 15 is 0 Å². The zero-order chi connectivity index (χ0) is 14.7. The molecule has 112 valence electrons. The Morgan fingerprint density at radius 1 is 1.05 bits per heavy atom. The van der Waals surface area contributed by atoms with E-state index in [2.05, 4.69) is 11.7 Å². The van der Waals surface area contributed by atoms with Crippen LogP contribution in [0.4, 0.5) is 0 Å². The van der Waals surface area contributed by atoms with Gasteiger partial charge in [0.15, 0.2) is 0 Å². The summed E-state index contributed by atoms with van der Waals surface area (Å²) in [6.45, 7) is 6.09. The molecule has 1 amide bonds. The fourth-order valence-electron chi connectivity index (χ4n) is 1.96. The Bertz CT molecular complexity index is 264. The average molecular weight is 271 g/mol. The van der Waals surface area contributed by atoms with Crippen molar-refractivity contribution in [2.24, 2.45) is 0 Å². The van der Waals surface area contributed by atoms with E-state index in [-0.39, 0.29) is 24.5 Å². The third-order valence-corrected chi connectivity index (χ3v) is 3.22. The molecular weight excluding hydrogens is 242 g/mol. The lowest BCUT2D eigenvalue weighted by molar-refractivity contribution is -0.148. The maximum atomic E-state index is 12.0. The van der Waals surface area contributed by atoms with Crippen LogP contribution in [0.5, 0.6) is 0 Å². The van der Waals surface area contributed by atoms with Gasteiger partial charge in [0.1, 0.15) is 6.54 Å². The molecule has 0 rings (SSSR count). The third-order valence-electron chi connectivity index (χ3n) is 3.22. The lowest BCUT2D eigenvalue weighted by Crippen LogP contribution is -2.40. The Labute approximate surface area is 117 Å². The maximum Gasteiger partial charge on any atom is 0.325 e. The highest BCUT2D eigenvalue weighted by Crippen LogP contribution is 2.10. The molecule has 0 unspecified atom stereocenters. The number of esters is 1. The highest BCUT2D eigenvalue weighted by Gasteiger charge is 2.19. The van der Waals surface area contributed by atoms with Crippen molar-refractivity contribution in [3.05, 3.63) is 0 Å². The van der Waals surface area contributed by atoms with Crippen molar-refractivity contribution in [2.75, 3.05) is 13.7 Å². The number of amides is 1. The van der Waals surface area contributed by atoms with Gasteiger partial charge in [0, 0.05) is 12.5 Å². The summed E-state index contributed by atoms with van der Waals surface area (Å²) in [6.07, 6.45) is 7.48. The molecule has 0 spiro atoms. The first-order chi connectivity index (χ1) is 9.02. The summed E-state index contributed by atoms with van der Waals surface area (Å²) in [4.78, 5) is 24.9. The molecule has 0 aromatic carbocycles. The van der Waals surface area contributed by atoms with Gasteiger partial charge in [0.25, 0.3) is 0 Å². The zero-order valence-electron chi connectivity index (χ0n) is 12.9. The van der Waals surface area contributed by atoms with Crippen LogP contribution < -0.4 is 0 Å². The van der Waals surface area contributed by atoms with Gasteiger partial charge in [-0.3, -0.25) is 9.59 Å². The van der Waals surface area contributed by atoms with Crippen LogP contribution in [-0.2, 0) is 14.3 Å². The Kier molecular flexibility index (Phi) is 10.2. The van der Waals surface area contributed by atoms with E-state index < -0.39 is 0 Å². The number of rotatable bonds is 10. The number of carbonyl (C=O) groups excluding carboxylic acids is 2. The van der Waals surface area contributed by atoms with Gasteiger partial charge < -0.3 is 9.64 Å². The van der Waals surface area contributed by atoms with Gasteiger partial charge in [-0.2, -0.15) is 0 Å². The summed E-state index contributed by atoms with van der Waals surface area (Å²) >= 11 is 0. The lowest BCUT2D eigenvalue weighted by Gasteiger charge is -2.25. The Balaban J connectivity index is 3.95. The van der Waals surface area contributed by atoms with Crippen LogP contribution in [0.15, 0.2) is 0 Å². The number of nitrogens with zero attached hydrogens (tertiary/aromatic N) is 1. The second kappa shape index (κ2) is 10.8. The predicted molar refractivity (Wildman–Crippen MR) is 76.9 cm³/mol. The molecule has 4 heteroatoms. The minimum absolute atomic E-state index is 0.0340. The second-order valence-electron chi connectivity index (χ2n) is 5.21. The van der Waals surface area contributed by atoms with Crippen LogP contribution >= 0.6 is 0 Å². The molecule has 0 saturated carbocycles. The molecular formula is C15H29NO3. The number of hydrogen-bond donors (Lipinski definition) is 0. The van der Waals surface area contributed by atoms with Crippen molar-refractivity contribution in [1.82, 2.24) is 4.90 Å². The van der Waals surface area contributed by atoms with Crippen molar-refractivity contribution in [2.45, 2.75) is 71.8 Å². The van der Waals surface area contributed by atoms with Gasteiger partial charge in [0.05, 0.1) is 7.11 Å². The highest BCUT2D eigenvalue weighted by molar-refractivity contribution is 5.82. The first-order valence-electron chi connectivity index (χ1n) is 7.39. The van der Waals surface area contributed by atoms with Gasteiger partial charge in [0.2, 0.25) is 5.91 Å². The van der Waals surface area contributed by atoms with Gasteiger partial charge in [-0.15, -0.1) is 0 Å². The highest BCUT2D eigenvalue weighted by atomic mass is 16.5. The van der Waals surface area contributed by atoms with Crippen LogP contribution in [0, 0.1) is 0 Å². The van der Waals surface area contributed by atoms with Crippen LogP contribution in [0.3, 0.4) is 0 Å². The van der Waals surface area contributed by atoms with Gasteiger partial charge in [-0.25, -0.2) is 0 Å². The predicted octanol–water partition coefficient (Wildman–Crippen LogP) is 3.15. The number of methoxy groups -OCH3 is 1. The van der Waals surface area contributed by atoms with Crippen LogP contribution in [0.2, 0.25) is 0 Å². The van der Waals surface area contributed by atoms with Crippen LogP contribution in [0.1, 0.15) is 65.7 Å². The molecule has 0 aromatic rings. The minimum atomic E-state index is -0.356. The van der Waals surface area contributed by atoms with Crippen molar-refractivity contribution in [3.63, 3.8) is 0 Å². The molecule has 0 saturated heterocycles. The van der Waals surface area contributed by atoms with E-state index in [4.69, 9.17) is 0 Å². The van der Waals surface area contributed by atoms with E-state index in [1.165, 1.54) is 32.8 Å². The molecule has 19 heavy (non-hydrogen) atoms. The first kappa shape index (κ1) is 17.9. The van der Waals surface area contributed by atoms with Crippen LogP contribution in [-0.4, -0.2) is 36.5 Å². The smallest absolute Gasteiger partial charge is 0.325 e. The molecule has 0 aromatic heterocycles. The van der Waals surface area contributed by atoms with Crippen molar-refractivity contribution in [1.29, 1.82) is 0 Å². The minimum Gasteiger partial charge on any atom is -0.468 e. The molecule has 0 fully saturated rings. The summed E-state index contributed by atoms with van der Waals surface area (Å²) in [6, 6.07) is 0.0340. The number of hydrogen-bond acceptors (Lipinski definition) is 3. The standard InChI is InChI=1S/C15H29NO3/c1-5-6-7-8-9-10-11-14(17)16(13(2)3)12-15(18)19-4/h13H,5-12H2,1-4H3. The Morgan fingerprint density at radius 2 is 1.63 bits per heavy atom. The van der Waals surface area contributed by atoms with E-state index in [0.717, 1.165) is 12.8 Å². The third kappa shape index (κ3) is 8.62. The topological polar surface area (TPSA) is 46.6 Å². The van der Waals surface area contributed by atoms with Crippen molar-refractivity contribution >= 4 is 11.9 Å². The molecule has 0 aliphatic carbocycles. The zero-order valence-corrected chi connectivity index (χ0v) is 12.9. The van der Waals surface area contributed by atoms with Gasteiger partial charge in [-0.1, -0.05) is 39.0 Å². The molecule has 0 heterocycles. The molecule has 0 aliphatic heterocycles. The fraction of sp³-hybridized carbons (Fsp3) is 0.867. The van der Waals surface area contributed by atoms with E-state index in [0.29, 0.717) is 6.42 Å². The van der Waals surface area contributed by atoms with Crippen molar-refractivity contribution < 1.29 is 14.3 Å². The summed E-state index contributed by atoms with van der Waals surface area (Å²) in [7, 11) is 1.35. The van der Waals surface area contributed by atoms with Crippen LogP contribution in [0.25, 0.3) is 0 Å². The van der Waals surface area contributed by atoms with E-state index in [1.54, 1.807) is 4.90 Å². The fourth-order valence-corrected chi connectivity index (χ4v) is 1.96. The number of unbranched alkanes of at least 4 members (excludes halogenated alkanes) is 5. The lowest BCUT2D eigenvalue weighted by atomic mass is 10.1. The quantitative estimate of drug-likeness (QED) is 0.453. The monoisotopic (exact) mass is 271 g/mol. The summed E-state index contributed by atoms with van der Waals surface area (Å²) in [5.41, 5.74) is 0.